The van der Waals surface area contributed by atoms with Crippen LogP contribution in [0.25, 0.3) is 0 Å². The topological polar surface area (TPSA) is 58.1 Å². The van der Waals surface area contributed by atoms with Crippen LogP contribution >= 0.6 is 23.1 Å². The van der Waals surface area contributed by atoms with Crippen molar-refractivity contribution in [1.82, 2.24) is 15.1 Å². The zero-order chi connectivity index (χ0) is 15.3. The molecule has 1 amide bonds. The molecule has 0 spiro atoms. The summed E-state index contributed by atoms with van der Waals surface area (Å²) in [6.45, 7) is 8.73. The van der Waals surface area contributed by atoms with Gasteiger partial charge in [0.05, 0.1) is 6.54 Å². The molecule has 1 aromatic rings. The Bertz CT molecular complexity index is 442. The van der Waals surface area contributed by atoms with Crippen molar-refractivity contribution in [3.05, 3.63) is 5.01 Å². The van der Waals surface area contributed by atoms with Gasteiger partial charge in [-0.3, -0.25) is 15.0 Å². The number of nitrogens with zero attached hydrogens (tertiary/aromatic N) is 3. The first kappa shape index (κ1) is 17.4. The number of thioether (sulfide) groups is 1. The minimum absolute atomic E-state index is 0.0374. The molecular weight excluding hydrogens is 292 g/mol. The maximum atomic E-state index is 12.0. The lowest BCUT2D eigenvalue weighted by molar-refractivity contribution is -0.117. The van der Waals surface area contributed by atoms with E-state index in [4.69, 9.17) is 0 Å². The third-order valence-electron chi connectivity index (χ3n) is 2.87. The van der Waals surface area contributed by atoms with Crippen LogP contribution in [-0.4, -0.2) is 52.6 Å². The van der Waals surface area contributed by atoms with E-state index in [0.717, 1.165) is 10.8 Å². The number of hydrogen-bond acceptors (Lipinski definition) is 6. The number of nitrogens with one attached hydrogen (secondary N) is 1. The van der Waals surface area contributed by atoms with Crippen molar-refractivity contribution in [1.29, 1.82) is 0 Å². The summed E-state index contributed by atoms with van der Waals surface area (Å²) in [5.41, 5.74) is -0.0374. The van der Waals surface area contributed by atoms with Crippen LogP contribution in [0.1, 0.15) is 32.7 Å². The van der Waals surface area contributed by atoms with Crippen molar-refractivity contribution in [3.63, 3.8) is 0 Å². The fourth-order valence-corrected chi connectivity index (χ4v) is 3.04. The predicted octanol–water partition coefficient (Wildman–Crippen LogP) is 2.46. The van der Waals surface area contributed by atoms with Gasteiger partial charge in [0.2, 0.25) is 11.0 Å². The van der Waals surface area contributed by atoms with Gasteiger partial charge in [0.15, 0.2) is 0 Å². The molecule has 1 heterocycles. The van der Waals surface area contributed by atoms with Gasteiger partial charge in [-0.1, -0.05) is 32.1 Å². The highest BCUT2D eigenvalue weighted by Crippen LogP contribution is 2.27. The molecule has 0 aliphatic carbocycles. The van der Waals surface area contributed by atoms with Crippen LogP contribution in [-0.2, 0) is 10.2 Å². The van der Waals surface area contributed by atoms with E-state index in [1.165, 1.54) is 11.3 Å². The fourth-order valence-electron chi connectivity index (χ4n) is 1.49. The molecule has 1 rings (SSSR count). The average Bonchev–Trinajstić information content (AvgIpc) is 2.77. The van der Waals surface area contributed by atoms with Crippen LogP contribution in [0, 0.1) is 0 Å². The van der Waals surface area contributed by atoms with E-state index in [2.05, 4.69) is 49.5 Å². The fraction of sp³-hybridized carbons (Fsp3) is 0.769. The van der Waals surface area contributed by atoms with Crippen LogP contribution < -0.4 is 5.32 Å². The number of amides is 1. The molecule has 1 N–H and O–H groups in total. The zero-order valence-electron chi connectivity index (χ0n) is 13.1. The number of anilines is 1. The summed E-state index contributed by atoms with van der Waals surface area (Å²) in [7, 11) is 1.96. The van der Waals surface area contributed by atoms with Crippen molar-refractivity contribution >= 4 is 34.1 Å². The van der Waals surface area contributed by atoms with Crippen molar-refractivity contribution in [3.8, 4) is 0 Å². The molecule has 20 heavy (non-hydrogen) atoms. The SMILES string of the molecule is CSC[C@@H](C)N(C)CC(=O)Nc1nnc(C(C)(C)C)s1. The predicted molar refractivity (Wildman–Crippen MR) is 87.7 cm³/mol. The van der Waals surface area contributed by atoms with Crippen LogP contribution in [0.3, 0.4) is 0 Å². The smallest absolute Gasteiger partial charge is 0.240 e. The molecule has 0 aliphatic rings. The van der Waals surface area contributed by atoms with Crippen molar-refractivity contribution in [2.24, 2.45) is 0 Å². The van der Waals surface area contributed by atoms with Gasteiger partial charge in [0, 0.05) is 17.2 Å². The Morgan fingerprint density at radius 3 is 2.60 bits per heavy atom. The van der Waals surface area contributed by atoms with Crippen LogP contribution in [0.2, 0.25) is 0 Å². The van der Waals surface area contributed by atoms with E-state index in [0.29, 0.717) is 17.7 Å². The molecular formula is C13H24N4OS2. The number of rotatable bonds is 6. The van der Waals surface area contributed by atoms with E-state index in [1.807, 2.05) is 11.9 Å². The van der Waals surface area contributed by atoms with Crippen molar-refractivity contribution < 1.29 is 4.79 Å². The van der Waals surface area contributed by atoms with Gasteiger partial charge in [0.1, 0.15) is 5.01 Å². The van der Waals surface area contributed by atoms with E-state index in [9.17, 15) is 4.79 Å². The van der Waals surface area contributed by atoms with Gasteiger partial charge in [-0.15, -0.1) is 10.2 Å². The second-order valence-corrected chi connectivity index (χ2v) is 7.82. The highest BCUT2D eigenvalue weighted by atomic mass is 32.2. The summed E-state index contributed by atoms with van der Waals surface area (Å²) in [5, 5.41) is 12.5. The molecule has 7 heteroatoms. The molecule has 1 atom stereocenters. The average molecular weight is 316 g/mol. The highest BCUT2D eigenvalue weighted by Gasteiger charge is 2.20. The Balaban J connectivity index is 2.52. The van der Waals surface area contributed by atoms with Gasteiger partial charge in [-0.05, 0) is 20.2 Å². The maximum Gasteiger partial charge on any atom is 0.240 e. The third-order valence-corrected chi connectivity index (χ3v) is 4.95. The second-order valence-electron chi connectivity index (χ2n) is 5.93. The zero-order valence-corrected chi connectivity index (χ0v) is 14.7. The van der Waals surface area contributed by atoms with Gasteiger partial charge in [-0.2, -0.15) is 11.8 Å². The Morgan fingerprint density at radius 1 is 1.45 bits per heavy atom. The van der Waals surface area contributed by atoms with Crippen LogP contribution in [0.5, 0.6) is 0 Å². The highest BCUT2D eigenvalue weighted by molar-refractivity contribution is 7.98. The Morgan fingerprint density at radius 2 is 2.10 bits per heavy atom. The molecule has 0 aromatic carbocycles. The lowest BCUT2D eigenvalue weighted by Crippen LogP contribution is -2.37. The second kappa shape index (κ2) is 7.38. The first-order valence-electron chi connectivity index (χ1n) is 6.57. The molecule has 0 aliphatic heterocycles. The summed E-state index contributed by atoms with van der Waals surface area (Å²) in [6, 6.07) is 0.371. The van der Waals surface area contributed by atoms with Crippen molar-refractivity contribution in [2.75, 3.05) is 30.9 Å². The molecule has 5 nitrogen and oxygen atoms in total. The molecule has 0 saturated heterocycles. The van der Waals surface area contributed by atoms with Crippen LogP contribution in [0.4, 0.5) is 5.13 Å². The van der Waals surface area contributed by atoms with E-state index >= 15 is 0 Å². The quantitative estimate of drug-likeness (QED) is 0.873. The van der Waals surface area contributed by atoms with Gasteiger partial charge >= 0.3 is 0 Å². The monoisotopic (exact) mass is 316 g/mol. The van der Waals surface area contributed by atoms with Gasteiger partial charge in [0.25, 0.3) is 0 Å². The lowest BCUT2D eigenvalue weighted by atomic mass is 9.98. The summed E-state index contributed by atoms with van der Waals surface area (Å²) in [4.78, 5) is 14.0. The molecule has 1 aromatic heterocycles. The van der Waals surface area contributed by atoms with Gasteiger partial charge < -0.3 is 0 Å². The largest absolute Gasteiger partial charge is 0.299 e. The van der Waals surface area contributed by atoms with E-state index in [1.54, 1.807) is 11.8 Å². The number of likely N-dealkylation sites (N-methyl/N-ethyl adjacent to an activating group) is 1. The van der Waals surface area contributed by atoms with E-state index in [-0.39, 0.29) is 11.3 Å². The number of carbonyl (C=O) groups excluding carboxylic acids is 1. The van der Waals surface area contributed by atoms with E-state index < -0.39 is 0 Å². The summed E-state index contributed by atoms with van der Waals surface area (Å²) < 4.78 is 0. The van der Waals surface area contributed by atoms with Gasteiger partial charge in [-0.25, -0.2) is 0 Å². The molecule has 114 valence electrons. The maximum absolute atomic E-state index is 12.0. The molecule has 0 unspecified atom stereocenters. The summed E-state index contributed by atoms with van der Waals surface area (Å²) in [5.74, 6) is 0.966. The first-order chi connectivity index (χ1) is 9.24. The minimum Gasteiger partial charge on any atom is -0.299 e. The van der Waals surface area contributed by atoms with Crippen molar-refractivity contribution in [2.45, 2.75) is 39.2 Å². The Hall–Kier alpha value is -0.660. The lowest BCUT2D eigenvalue weighted by Gasteiger charge is -2.22. The molecule has 0 saturated carbocycles. The first-order valence-corrected chi connectivity index (χ1v) is 8.78. The minimum atomic E-state index is -0.0444. The van der Waals surface area contributed by atoms with Crippen LogP contribution in [0.15, 0.2) is 0 Å². The Labute approximate surface area is 129 Å². The number of aromatic nitrogens is 2. The third kappa shape index (κ3) is 5.38. The number of carbonyl (C=O) groups is 1. The Kier molecular flexibility index (Phi) is 6.42. The summed E-state index contributed by atoms with van der Waals surface area (Å²) >= 11 is 3.22. The normalized spacial score (nSPS) is 13.6. The number of hydrogen-bond donors (Lipinski definition) is 1. The summed E-state index contributed by atoms with van der Waals surface area (Å²) in [6.07, 6.45) is 2.07. The molecule has 0 fully saturated rings. The molecule has 0 radical (unpaired) electrons. The standard InChI is InChI=1S/C13H24N4OS2/c1-9(8-19-6)17(5)7-10(18)14-12-16-15-11(20-12)13(2,3)4/h9H,7-8H2,1-6H3,(H,14,16,18)/t9-/m1/s1. The molecule has 0 bridgehead atoms.